The predicted molar refractivity (Wildman–Crippen MR) is 57.2 cm³/mol. The van der Waals surface area contributed by atoms with Gasteiger partial charge >= 0.3 is 21.7 Å². The van der Waals surface area contributed by atoms with Gasteiger partial charge in [0.15, 0.2) is 0 Å². The summed E-state index contributed by atoms with van der Waals surface area (Å²) in [6.07, 6.45) is 9.43. The van der Waals surface area contributed by atoms with E-state index in [1.165, 1.54) is 11.1 Å². The fourth-order valence-corrected chi connectivity index (χ4v) is 1.63. The van der Waals surface area contributed by atoms with Crippen molar-refractivity contribution < 1.29 is 51.3 Å². The van der Waals surface area contributed by atoms with E-state index in [4.69, 9.17) is 4.74 Å². The van der Waals surface area contributed by atoms with Crippen molar-refractivity contribution in [2.24, 2.45) is 0 Å². The van der Waals surface area contributed by atoms with Crippen LogP contribution >= 0.6 is 0 Å². The third-order valence-corrected chi connectivity index (χ3v) is 2.34. The van der Waals surface area contributed by atoms with E-state index in [0.29, 0.717) is 0 Å². The zero-order valence-corrected chi connectivity index (χ0v) is 12.6. The molecule has 0 unspecified atom stereocenters. The summed E-state index contributed by atoms with van der Waals surface area (Å²) in [6.45, 7) is 0. The van der Waals surface area contributed by atoms with Gasteiger partial charge in [0, 0.05) is 0 Å². The van der Waals surface area contributed by atoms with Gasteiger partial charge in [-0.1, -0.05) is 18.2 Å². The Labute approximate surface area is 130 Å². The Kier molecular flexibility index (Phi) is 11.0. The third-order valence-electron chi connectivity index (χ3n) is 2.34. The van der Waals surface area contributed by atoms with E-state index >= 15 is 0 Å². The van der Waals surface area contributed by atoms with Gasteiger partial charge in [-0.2, -0.15) is 6.08 Å². The van der Waals surface area contributed by atoms with E-state index in [2.05, 4.69) is 24.3 Å². The quantitative estimate of drug-likeness (QED) is 0.425. The molecule has 2 rings (SSSR count). The molecule has 1 radical (unpaired) electrons. The molecule has 0 saturated heterocycles. The Bertz CT molecular complexity index is 389. The molecule has 0 atom stereocenters. The summed E-state index contributed by atoms with van der Waals surface area (Å²) in [5.41, 5.74) is 2.48. The largest absolute Gasteiger partial charge is 3.00 e. The molecule has 0 bridgehead atoms. The minimum Gasteiger partial charge on any atom is -1.00 e. The molecule has 0 aliphatic heterocycles. The molecule has 0 heterocycles. The third kappa shape index (κ3) is 5.31. The van der Waals surface area contributed by atoms with Crippen molar-refractivity contribution >= 4 is 0 Å². The van der Waals surface area contributed by atoms with Crippen LogP contribution in [-0.4, -0.2) is 7.11 Å². The van der Waals surface area contributed by atoms with Crippen molar-refractivity contribution in [1.29, 1.82) is 0 Å². The van der Waals surface area contributed by atoms with Crippen LogP contribution in [0.5, 0.6) is 5.75 Å². The molecule has 17 heavy (non-hydrogen) atoms. The Morgan fingerprint density at radius 1 is 1.24 bits per heavy atom. The monoisotopic (exact) mass is 303 g/mol. The number of para-hydroxylation sites is 1. The Morgan fingerprint density at radius 2 is 1.94 bits per heavy atom. The first-order chi connectivity index (χ1) is 6.90. The molecule has 0 amide bonds. The minimum atomic E-state index is 0. The topological polar surface area (TPSA) is 9.23 Å². The van der Waals surface area contributed by atoms with Gasteiger partial charge in [-0.05, 0) is 18.1 Å². The van der Waals surface area contributed by atoms with Gasteiger partial charge in [0.05, 0.1) is 7.11 Å². The Hall–Kier alpha value is -0.206. The van der Waals surface area contributed by atoms with E-state index in [1.54, 1.807) is 7.11 Å². The van der Waals surface area contributed by atoms with Crippen LogP contribution in [0.25, 0.3) is 0 Å². The summed E-state index contributed by atoms with van der Waals surface area (Å²) in [5, 5.41) is 0. The molecule has 1 nitrogen and oxygen atoms in total. The number of ether oxygens (including phenoxy) is 1. The molecule has 1 aliphatic carbocycles. The van der Waals surface area contributed by atoms with Crippen molar-refractivity contribution in [3.8, 4) is 5.75 Å². The molecule has 0 N–H and O–H groups in total. The van der Waals surface area contributed by atoms with Crippen LogP contribution in [0.3, 0.4) is 0 Å². The van der Waals surface area contributed by atoms with Crippen LogP contribution < -0.4 is 29.6 Å². The minimum absolute atomic E-state index is 0. The molecule has 89 valence electrons. The van der Waals surface area contributed by atoms with Crippen LogP contribution in [0.4, 0.5) is 0 Å². The second kappa shape index (κ2) is 9.79. The summed E-state index contributed by atoms with van der Waals surface area (Å²) in [4.78, 5) is 0. The Balaban J connectivity index is 0. The molecule has 0 saturated carbocycles. The second-order valence-corrected chi connectivity index (χ2v) is 3.30. The van der Waals surface area contributed by atoms with Crippen LogP contribution in [-0.2, 0) is 28.1 Å². The summed E-state index contributed by atoms with van der Waals surface area (Å²) in [5.74, 6) is 0.960. The smallest absolute Gasteiger partial charge is 1.00 e. The maximum atomic E-state index is 5.29. The van der Waals surface area contributed by atoms with Crippen LogP contribution in [0.1, 0.15) is 12.0 Å². The zero-order valence-electron chi connectivity index (χ0n) is 9.54. The van der Waals surface area contributed by atoms with Crippen molar-refractivity contribution in [2.75, 3.05) is 7.11 Å². The number of rotatable bonds is 3. The summed E-state index contributed by atoms with van der Waals surface area (Å²) < 4.78 is 5.29. The van der Waals surface area contributed by atoms with E-state index in [9.17, 15) is 0 Å². The van der Waals surface area contributed by atoms with Crippen LogP contribution in [0.2, 0.25) is 0 Å². The first kappa shape index (κ1) is 19.1. The van der Waals surface area contributed by atoms with Gasteiger partial charge in [-0.15, -0.1) is 6.42 Å². The van der Waals surface area contributed by atoms with E-state index in [-0.39, 0.29) is 46.5 Å². The number of hydrogen-bond acceptors (Lipinski definition) is 1. The molecular formula is C13H13Cl2OTi. The van der Waals surface area contributed by atoms with Gasteiger partial charge < -0.3 is 29.6 Å². The Morgan fingerprint density at radius 3 is 2.53 bits per heavy atom. The zero-order chi connectivity index (χ0) is 9.80. The number of methoxy groups -OCH3 is 1. The van der Waals surface area contributed by atoms with Crippen molar-refractivity contribution in [3.05, 3.63) is 53.6 Å². The van der Waals surface area contributed by atoms with Crippen LogP contribution in [0, 0.1) is 6.08 Å². The fraction of sp³-hybridized carbons (Fsp3) is 0.231. The maximum Gasteiger partial charge on any atom is 3.00 e. The van der Waals surface area contributed by atoms with E-state index in [0.717, 1.165) is 18.6 Å². The first-order valence-electron chi connectivity index (χ1n) is 4.78. The summed E-state index contributed by atoms with van der Waals surface area (Å²) in [6, 6.07) is 8.12. The first-order valence-corrected chi connectivity index (χ1v) is 4.78. The van der Waals surface area contributed by atoms with Gasteiger partial charge in [0.1, 0.15) is 5.75 Å². The second-order valence-electron chi connectivity index (χ2n) is 3.30. The van der Waals surface area contributed by atoms with Gasteiger partial charge in [0.2, 0.25) is 0 Å². The van der Waals surface area contributed by atoms with Gasteiger partial charge in [-0.25, -0.2) is 11.6 Å². The average Bonchev–Trinajstić information content (AvgIpc) is 2.71. The summed E-state index contributed by atoms with van der Waals surface area (Å²) >= 11 is 0. The maximum absolute atomic E-state index is 5.29. The summed E-state index contributed by atoms with van der Waals surface area (Å²) in [7, 11) is 1.71. The van der Waals surface area contributed by atoms with Crippen molar-refractivity contribution in [1.82, 2.24) is 0 Å². The molecule has 1 aromatic rings. The molecular weight excluding hydrogens is 291 g/mol. The molecule has 1 aromatic carbocycles. The van der Waals surface area contributed by atoms with Crippen LogP contribution in [0.15, 0.2) is 42.0 Å². The molecule has 4 heteroatoms. The van der Waals surface area contributed by atoms with Gasteiger partial charge in [-0.3, -0.25) is 6.08 Å². The molecule has 0 fully saturated rings. The van der Waals surface area contributed by atoms with Crippen molar-refractivity contribution in [2.45, 2.75) is 12.8 Å². The SMILES string of the molecule is COc1ccccc1CC1=[C-]CC=C1.[Cl-].[Cl-].[Ti+3]. The predicted octanol–water partition coefficient (Wildman–Crippen LogP) is -3.07. The fourth-order valence-electron chi connectivity index (χ4n) is 1.63. The number of allylic oxidation sites excluding steroid dienone is 4. The molecule has 0 aromatic heterocycles. The molecule has 0 spiro atoms. The average molecular weight is 304 g/mol. The van der Waals surface area contributed by atoms with E-state index < -0.39 is 0 Å². The van der Waals surface area contributed by atoms with Crippen molar-refractivity contribution in [3.63, 3.8) is 0 Å². The van der Waals surface area contributed by atoms with E-state index in [1.807, 2.05) is 18.2 Å². The normalized spacial score (nSPS) is 11.7. The number of hydrogen-bond donors (Lipinski definition) is 0. The standard InChI is InChI=1S/C13H13O.2ClH.Ti/c1-14-13-9-5-4-8-12(13)10-11-6-2-3-7-11;;;/h2,4-6,8-9H,3,10H2,1H3;2*1H;/q-1;;;+3/p-2. The number of benzene rings is 1. The number of halogens is 2. The van der Waals surface area contributed by atoms with Gasteiger partial charge in [0.25, 0.3) is 0 Å². The molecule has 1 aliphatic rings.